The van der Waals surface area contributed by atoms with Crippen LogP contribution in [0.25, 0.3) is 10.2 Å². The van der Waals surface area contributed by atoms with E-state index in [2.05, 4.69) is 10.3 Å². The van der Waals surface area contributed by atoms with Crippen molar-refractivity contribution in [2.75, 3.05) is 11.9 Å². The van der Waals surface area contributed by atoms with Gasteiger partial charge < -0.3 is 20.6 Å². The van der Waals surface area contributed by atoms with Gasteiger partial charge in [-0.1, -0.05) is 11.6 Å². The minimum Gasteiger partial charge on any atom is -0.467 e. The number of aromatic nitrogens is 1. The van der Waals surface area contributed by atoms with E-state index in [0.29, 0.717) is 18.1 Å². The second-order valence-electron chi connectivity index (χ2n) is 5.00. The zero-order chi connectivity index (χ0) is 15.5. The molecule has 1 atom stereocenters. The number of furan rings is 1. The molecular formula is C15H18Cl3N3O2S. The molecule has 0 unspecified atom stereocenters. The molecule has 0 saturated heterocycles. The van der Waals surface area contributed by atoms with Crippen LogP contribution in [0.4, 0.5) is 5.69 Å². The predicted molar refractivity (Wildman–Crippen MR) is 104 cm³/mol. The SMILES string of the molecule is Cl.Cl.N[C@@H](CO)Cc1cc2nc(Cl)cc(NCc3ccco3)c2s1. The summed E-state index contributed by atoms with van der Waals surface area (Å²) in [5.41, 5.74) is 7.55. The molecule has 0 fully saturated rings. The summed E-state index contributed by atoms with van der Waals surface area (Å²) >= 11 is 7.70. The molecule has 3 aromatic rings. The van der Waals surface area contributed by atoms with Crippen molar-refractivity contribution in [3.8, 4) is 0 Å². The Balaban J connectivity index is 0.00000144. The van der Waals surface area contributed by atoms with Crippen molar-refractivity contribution in [2.45, 2.75) is 19.0 Å². The van der Waals surface area contributed by atoms with Crippen LogP contribution in [0.1, 0.15) is 10.6 Å². The first-order chi connectivity index (χ1) is 10.7. The molecule has 0 aliphatic carbocycles. The van der Waals surface area contributed by atoms with E-state index >= 15 is 0 Å². The Labute approximate surface area is 161 Å². The molecule has 0 bridgehead atoms. The van der Waals surface area contributed by atoms with E-state index in [4.69, 9.17) is 26.9 Å². The predicted octanol–water partition coefficient (Wildman–Crippen LogP) is 3.86. The van der Waals surface area contributed by atoms with Gasteiger partial charge in [0.2, 0.25) is 0 Å². The number of aliphatic hydroxyl groups excluding tert-OH is 1. The Bertz CT molecular complexity index is 765. The molecular weight excluding hydrogens is 393 g/mol. The van der Waals surface area contributed by atoms with Gasteiger partial charge in [-0.3, -0.25) is 0 Å². The van der Waals surface area contributed by atoms with E-state index in [1.807, 2.05) is 18.2 Å². The van der Waals surface area contributed by atoms with Gasteiger partial charge in [-0.15, -0.1) is 36.2 Å². The van der Waals surface area contributed by atoms with Gasteiger partial charge in [0.15, 0.2) is 0 Å². The van der Waals surface area contributed by atoms with Crippen molar-refractivity contribution in [1.82, 2.24) is 4.98 Å². The van der Waals surface area contributed by atoms with Gasteiger partial charge in [-0.05, 0) is 24.6 Å². The lowest BCUT2D eigenvalue weighted by Crippen LogP contribution is -2.26. The number of hydrogen-bond donors (Lipinski definition) is 3. The minimum absolute atomic E-state index is 0. The average Bonchev–Trinajstić information content (AvgIpc) is 3.13. The largest absolute Gasteiger partial charge is 0.467 e. The molecule has 24 heavy (non-hydrogen) atoms. The van der Waals surface area contributed by atoms with Gasteiger partial charge in [0.05, 0.1) is 35.3 Å². The third kappa shape index (κ3) is 4.99. The first-order valence-electron chi connectivity index (χ1n) is 6.87. The highest BCUT2D eigenvalue weighted by atomic mass is 35.5. The molecule has 0 saturated carbocycles. The molecule has 9 heteroatoms. The van der Waals surface area contributed by atoms with E-state index in [-0.39, 0.29) is 37.5 Å². The molecule has 3 heterocycles. The fourth-order valence-corrected chi connectivity index (χ4v) is 3.57. The Hall–Kier alpha value is -1.02. The van der Waals surface area contributed by atoms with Crippen molar-refractivity contribution < 1.29 is 9.52 Å². The fourth-order valence-electron chi connectivity index (χ4n) is 2.19. The van der Waals surface area contributed by atoms with Crippen LogP contribution < -0.4 is 11.1 Å². The van der Waals surface area contributed by atoms with Crippen molar-refractivity contribution >= 4 is 63.7 Å². The maximum Gasteiger partial charge on any atom is 0.131 e. The van der Waals surface area contributed by atoms with Crippen LogP contribution in [0, 0.1) is 0 Å². The van der Waals surface area contributed by atoms with Gasteiger partial charge >= 0.3 is 0 Å². The van der Waals surface area contributed by atoms with Gasteiger partial charge in [-0.25, -0.2) is 4.98 Å². The molecule has 0 spiro atoms. The lowest BCUT2D eigenvalue weighted by molar-refractivity contribution is 0.266. The highest BCUT2D eigenvalue weighted by Crippen LogP contribution is 2.33. The lowest BCUT2D eigenvalue weighted by atomic mass is 10.2. The van der Waals surface area contributed by atoms with E-state index in [1.165, 1.54) is 0 Å². The van der Waals surface area contributed by atoms with Crippen LogP contribution >= 0.6 is 47.8 Å². The summed E-state index contributed by atoms with van der Waals surface area (Å²) in [5.74, 6) is 0.847. The number of fused-ring (bicyclic) bond motifs is 1. The van der Waals surface area contributed by atoms with E-state index in [1.54, 1.807) is 23.7 Å². The van der Waals surface area contributed by atoms with Crippen molar-refractivity contribution in [3.63, 3.8) is 0 Å². The highest BCUT2D eigenvalue weighted by Gasteiger charge is 2.12. The number of anilines is 1. The maximum atomic E-state index is 9.08. The summed E-state index contributed by atoms with van der Waals surface area (Å²) in [6, 6.07) is 7.28. The molecule has 0 aliphatic heterocycles. The van der Waals surface area contributed by atoms with Crippen LogP contribution in [0.2, 0.25) is 5.15 Å². The fraction of sp³-hybridized carbons (Fsp3) is 0.267. The lowest BCUT2D eigenvalue weighted by Gasteiger charge is -2.06. The summed E-state index contributed by atoms with van der Waals surface area (Å²) < 4.78 is 6.34. The van der Waals surface area contributed by atoms with Crippen molar-refractivity contribution in [2.24, 2.45) is 5.73 Å². The molecule has 132 valence electrons. The topological polar surface area (TPSA) is 84.3 Å². The third-order valence-corrected chi connectivity index (χ3v) is 4.60. The average molecular weight is 411 g/mol. The van der Waals surface area contributed by atoms with Crippen LogP contribution in [0.3, 0.4) is 0 Å². The van der Waals surface area contributed by atoms with Crippen LogP contribution in [-0.4, -0.2) is 22.7 Å². The molecule has 0 aliphatic rings. The second-order valence-corrected chi connectivity index (χ2v) is 6.52. The summed E-state index contributed by atoms with van der Waals surface area (Å²) in [6.07, 6.45) is 2.26. The quantitative estimate of drug-likeness (QED) is 0.537. The van der Waals surface area contributed by atoms with Gasteiger partial charge in [0.25, 0.3) is 0 Å². The molecule has 4 N–H and O–H groups in total. The Morgan fingerprint density at radius 2 is 2.17 bits per heavy atom. The number of rotatable bonds is 6. The monoisotopic (exact) mass is 409 g/mol. The molecule has 0 amide bonds. The summed E-state index contributed by atoms with van der Waals surface area (Å²) in [6.45, 7) is 0.540. The molecule has 3 aromatic heterocycles. The van der Waals surface area contributed by atoms with Crippen molar-refractivity contribution in [1.29, 1.82) is 0 Å². The molecule has 0 aromatic carbocycles. The van der Waals surface area contributed by atoms with E-state index in [9.17, 15) is 0 Å². The van der Waals surface area contributed by atoms with E-state index < -0.39 is 0 Å². The van der Waals surface area contributed by atoms with Gasteiger partial charge in [0, 0.05) is 17.0 Å². The Morgan fingerprint density at radius 1 is 1.38 bits per heavy atom. The van der Waals surface area contributed by atoms with Gasteiger partial charge in [-0.2, -0.15) is 0 Å². The number of hydrogen-bond acceptors (Lipinski definition) is 6. The highest BCUT2D eigenvalue weighted by molar-refractivity contribution is 7.19. The van der Waals surface area contributed by atoms with E-state index in [0.717, 1.165) is 26.5 Å². The zero-order valence-corrected chi connectivity index (χ0v) is 15.8. The number of nitrogens with zero attached hydrogens (tertiary/aromatic N) is 1. The van der Waals surface area contributed by atoms with Crippen LogP contribution in [-0.2, 0) is 13.0 Å². The molecule has 0 radical (unpaired) electrons. The minimum atomic E-state index is -0.261. The number of thiophene rings is 1. The van der Waals surface area contributed by atoms with Crippen LogP contribution in [0.15, 0.2) is 34.9 Å². The molecule has 5 nitrogen and oxygen atoms in total. The number of halogens is 3. The second kappa shape index (κ2) is 9.46. The molecule has 3 rings (SSSR count). The zero-order valence-electron chi connectivity index (χ0n) is 12.6. The smallest absolute Gasteiger partial charge is 0.131 e. The number of nitrogens with two attached hydrogens (primary N) is 1. The maximum absolute atomic E-state index is 9.08. The standard InChI is InChI=1S/C15H16ClN3O2S.2ClH/c16-14-6-12(18-7-10-2-1-3-21-10)15-13(19-14)5-11(22-15)4-9(17)8-20;;/h1-3,5-6,9,20H,4,7-8,17H2,(H,18,19);2*1H/t9-;;/m1../s1. The normalized spacial score (nSPS) is 11.6. The Kier molecular flexibility index (Phi) is 8.29. The summed E-state index contributed by atoms with van der Waals surface area (Å²) in [7, 11) is 0. The van der Waals surface area contributed by atoms with Crippen molar-refractivity contribution in [3.05, 3.63) is 46.3 Å². The first kappa shape index (κ1) is 21.0. The Morgan fingerprint density at radius 3 is 2.83 bits per heavy atom. The number of pyridine rings is 1. The summed E-state index contributed by atoms with van der Waals surface area (Å²) in [4.78, 5) is 5.42. The van der Waals surface area contributed by atoms with Gasteiger partial charge in [0.1, 0.15) is 10.9 Å². The number of nitrogens with one attached hydrogen (secondary N) is 1. The first-order valence-corrected chi connectivity index (χ1v) is 8.07. The third-order valence-electron chi connectivity index (χ3n) is 3.23. The summed E-state index contributed by atoms with van der Waals surface area (Å²) in [5, 5.41) is 12.8. The number of aliphatic hydroxyl groups is 1. The van der Waals surface area contributed by atoms with Crippen LogP contribution in [0.5, 0.6) is 0 Å².